The minimum absolute atomic E-state index is 0.222. The Kier molecular flexibility index (Phi) is 4.66. The van der Waals surface area contributed by atoms with Crippen LogP contribution in [0.2, 0.25) is 10.0 Å². The zero-order valence-corrected chi connectivity index (χ0v) is 14.3. The van der Waals surface area contributed by atoms with Crippen LogP contribution in [0.15, 0.2) is 35.0 Å². The van der Waals surface area contributed by atoms with Gasteiger partial charge in [-0.3, -0.25) is 10.1 Å². The van der Waals surface area contributed by atoms with Crippen LogP contribution in [0.3, 0.4) is 0 Å². The van der Waals surface area contributed by atoms with Gasteiger partial charge in [-0.25, -0.2) is 4.98 Å². The van der Waals surface area contributed by atoms with Crippen molar-refractivity contribution < 1.29 is 9.32 Å². The van der Waals surface area contributed by atoms with Gasteiger partial charge in [0.05, 0.1) is 0 Å². The molecule has 0 bridgehead atoms. The summed E-state index contributed by atoms with van der Waals surface area (Å²) in [5, 5.41) is 8.06. The van der Waals surface area contributed by atoms with Crippen LogP contribution >= 0.6 is 34.5 Å². The smallest absolute Gasteiger partial charge is 0.279 e. The Balaban J connectivity index is 1.69. The highest BCUT2D eigenvalue weighted by molar-refractivity contribution is 7.15. The highest BCUT2D eigenvalue weighted by Gasteiger charge is 2.13. The van der Waals surface area contributed by atoms with Gasteiger partial charge < -0.3 is 4.52 Å². The lowest BCUT2D eigenvalue weighted by molar-refractivity contribution is 0.101. The number of nitrogens with zero attached hydrogens (tertiary/aromatic N) is 2. The number of carbonyl (C=O) groups excluding carboxylic acids is 1. The molecule has 1 N–H and O–H groups in total. The number of thiazole rings is 1. The number of rotatable bonds is 4. The number of hydrogen-bond acceptors (Lipinski definition) is 5. The molecule has 3 rings (SSSR count). The van der Waals surface area contributed by atoms with Gasteiger partial charge in [0.2, 0.25) is 0 Å². The Morgan fingerprint density at radius 3 is 2.87 bits per heavy atom. The van der Waals surface area contributed by atoms with E-state index in [0.717, 1.165) is 10.4 Å². The highest BCUT2D eigenvalue weighted by atomic mass is 35.5. The summed E-state index contributed by atoms with van der Waals surface area (Å²) in [5.41, 5.74) is 1.17. The van der Waals surface area contributed by atoms with Crippen molar-refractivity contribution in [1.29, 1.82) is 0 Å². The molecular formula is C15H11Cl2N3O2S. The molecule has 0 radical (unpaired) electrons. The lowest BCUT2D eigenvalue weighted by atomic mass is 10.1. The molecule has 2 heterocycles. The first-order valence-electron chi connectivity index (χ1n) is 6.64. The molecule has 0 fully saturated rings. The van der Waals surface area contributed by atoms with Crippen LogP contribution in [0, 0.1) is 6.92 Å². The maximum Gasteiger partial charge on any atom is 0.279 e. The Hall–Kier alpha value is -1.89. The number of hydrogen-bond donors (Lipinski definition) is 1. The predicted molar refractivity (Wildman–Crippen MR) is 90.6 cm³/mol. The van der Waals surface area contributed by atoms with E-state index in [2.05, 4.69) is 15.5 Å². The average Bonchev–Trinajstić information content (AvgIpc) is 3.11. The number of amides is 1. The van der Waals surface area contributed by atoms with Gasteiger partial charge in [0.15, 0.2) is 10.8 Å². The topological polar surface area (TPSA) is 68.0 Å². The molecular weight excluding hydrogens is 357 g/mol. The SMILES string of the molecule is Cc1cc(C(=O)Nc2ncc(Cc3ccc(Cl)cc3Cl)s2)no1. The van der Waals surface area contributed by atoms with E-state index in [1.807, 2.05) is 6.07 Å². The third kappa shape index (κ3) is 3.90. The lowest BCUT2D eigenvalue weighted by Gasteiger charge is -2.02. The molecule has 23 heavy (non-hydrogen) atoms. The molecule has 0 aliphatic carbocycles. The highest BCUT2D eigenvalue weighted by Crippen LogP contribution is 2.27. The third-order valence-corrected chi connectivity index (χ3v) is 4.51. The molecule has 0 saturated carbocycles. The van der Waals surface area contributed by atoms with Crippen molar-refractivity contribution in [2.45, 2.75) is 13.3 Å². The van der Waals surface area contributed by atoms with Gasteiger partial charge >= 0.3 is 0 Å². The second-order valence-electron chi connectivity index (χ2n) is 4.82. The zero-order valence-electron chi connectivity index (χ0n) is 12.0. The van der Waals surface area contributed by atoms with Crippen molar-refractivity contribution in [3.05, 3.63) is 62.4 Å². The number of anilines is 1. The van der Waals surface area contributed by atoms with E-state index in [0.29, 0.717) is 27.4 Å². The normalized spacial score (nSPS) is 10.7. The fraction of sp³-hybridized carbons (Fsp3) is 0.133. The number of halogens is 2. The summed E-state index contributed by atoms with van der Waals surface area (Å²) in [6, 6.07) is 6.94. The average molecular weight is 368 g/mol. The fourth-order valence-electron chi connectivity index (χ4n) is 1.93. The molecule has 0 saturated heterocycles. The van der Waals surface area contributed by atoms with Gasteiger partial charge in [-0.15, -0.1) is 11.3 Å². The molecule has 1 aromatic carbocycles. The van der Waals surface area contributed by atoms with Crippen LogP contribution in [0.25, 0.3) is 0 Å². The first-order valence-corrected chi connectivity index (χ1v) is 8.22. The standard InChI is InChI=1S/C15H11Cl2N3O2S/c1-8-4-13(20-22-8)14(21)19-15-18-7-11(23-15)5-9-2-3-10(16)6-12(9)17/h2-4,6-7H,5H2,1H3,(H,18,19,21). The Morgan fingerprint density at radius 1 is 1.35 bits per heavy atom. The van der Waals surface area contributed by atoms with Crippen LogP contribution in [-0.4, -0.2) is 16.0 Å². The van der Waals surface area contributed by atoms with Gasteiger partial charge in [0.25, 0.3) is 5.91 Å². The zero-order chi connectivity index (χ0) is 16.4. The molecule has 2 aromatic heterocycles. The van der Waals surface area contributed by atoms with Gasteiger partial charge in [0.1, 0.15) is 5.76 Å². The van der Waals surface area contributed by atoms with E-state index in [1.54, 1.807) is 31.3 Å². The molecule has 5 nitrogen and oxygen atoms in total. The molecule has 1 amide bonds. The lowest BCUT2D eigenvalue weighted by Crippen LogP contribution is -2.11. The maximum absolute atomic E-state index is 12.0. The van der Waals surface area contributed by atoms with Crippen molar-refractivity contribution >= 4 is 45.6 Å². The van der Waals surface area contributed by atoms with Crippen LogP contribution in [0.1, 0.15) is 26.7 Å². The molecule has 8 heteroatoms. The monoisotopic (exact) mass is 367 g/mol. The largest absolute Gasteiger partial charge is 0.361 e. The van der Waals surface area contributed by atoms with Gasteiger partial charge in [0, 0.05) is 33.6 Å². The molecule has 3 aromatic rings. The first-order chi connectivity index (χ1) is 11.0. The number of aryl methyl sites for hydroxylation is 1. The van der Waals surface area contributed by atoms with E-state index in [4.69, 9.17) is 27.7 Å². The number of carbonyl (C=O) groups is 1. The Morgan fingerprint density at radius 2 is 2.17 bits per heavy atom. The van der Waals surface area contributed by atoms with Gasteiger partial charge in [-0.1, -0.05) is 34.4 Å². The van der Waals surface area contributed by atoms with E-state index in [9.17, 15) is 4.79 Å². The summed E-state index contributed by atoms with van der Waals surface area (Å²) in [6.45, 7) is 1.72. The summed E-state index contributed by atoms with van der Waals surface area (Å²) in [5.74, 6) is 0.222. The van der Waals surface area contributed by atoms with E-state index >= 15 is 0 Å². The quantitative estimate of drug-likeness (QED) is 0.731. The summed E-state index contributed by atoms with van der Waals surface area (Å²) < 4.78 is 4.88. The first kappa shape index (κ1) is 16.0. The fourth-order valence-corrected chi connectivity index (χ4v) is 3.24. The molecule has 0 spiro atoms. The van der Waals surface area contributed by atoms with Crippen LogP contribution in [-0.2, 0) is 6.42 Å². The summed E-state index contributed by atoms with van der Waals surface area (Å²) in [4.78, 5) is 17.1. The van der Waals surface area contributed by atoms with Crippen LogP contribution < -0.4 is 5.32 Å². The second kappa shape index (κ2) is 6.70. The van der Waals surface area contributed by atoms with Gasteiger partial charge in [-0.2, -0.15) is 0 Å². The summed E-state index contributed by atoms with van der Waals surface area (Å²) >= 11 is 13.4. The van der Waals surface area contributed by atoms with Crippen molar-refractivity contribution in [1.82, 2.24) is 10.1 Å². The van der Waals surface area contributed by atoms with Crippen LogP contribution in [0.5, 0.6) is 0 Å². The second-order valence-corrected chi connectivity index (χ2v) is 6.78. The Labute approximate surface area is 146 Å². The molecule has 0 atom stereocenters. The number of nitrogens with one attached hydrogen (secondary N) is 1. The van der Waals surface area contributed by atoms with Crippen molar-refractivity contribution in [3.63, 3.8) is 0 Å². The molecule has 0 aliphatic heterocycles. The number of aromatic nitrogens is 2. The van der Waals surface area contributed by atoms with Crippen molar-refractivity contribution in [2.75, 3.05) is 5.32 Å². The predicted octanol–water partition coefficient (Wildman–Crippen LogP) is 4.59. The minimum atomic E-state index is -0.354. The summed E-state index contributed by atoms with van der Waals surface area (Å²) in [7, 11) is 0. The maximum atomic E-state index is 12.0. The van der Waals surface area contributed by atoms with E-state index in [1.165, 1.54) is 11.3 Å². The Bertz CT molecular complexity index is 860. The molecule has 118 valence electrons. The van der Waals surface area contributed by atoms with E-state index < -0.39 is 0 Å². The number of benzene rings is 1. The van der Waals surface area contributed by atoms with Crippen molar-refractivity contribution in [3.8, 4) is 0 Å². The molecule has 0 aliphatic rings. The summed E-state index contributed by atoms with van der Waals surface area (Å²) in [6.07, 6.45) is 2.33. The minimum Gasteiger partial charge on any atom is -0.361 e. The van der Waals surface area contributed by atoms with E-state index in [-0.39, 0.29) is 11.6 Å². The third-order valence-electron chi connectivity index (χ3n) is 3.01. The molecule has 0 unspecified atom stereocenters. The van der Waals surface area contributed by atoms with Crippen molar-refractivity contribution in [2.24, 2.45) is 0 Å². The van der Waals surface area contributed by atoms with Crippen LogP contribution in [0.4, 0.5) is 5.13 Å². The van der Waals surface area contributed by atoms with Gasteiger partial charge in [-0.05, 0) is 24.6 Å².